The number of ether oxygens (including phenoxy) is 1. The van der Waals surface area contributed by atoms with Gasteiger partial charge >= 0.3 is 5.69 Å². The summed E-state index contributed by atoms with van der Waals surface area (Å²) in [5, 5.41) is 0. The molecule has 3 heterocycles. The molecule has 3 aromatic heterocycles. The van der Waals surface area contributed by atoms with Crippen LogP contribution >= 0.6 is 0 Å². The molecule has 1 aromatic carbocycles. The number of H-pyrrole nitrogens is 1. The summed E-state index contributed by atoms with van der Waals surface area (Å²) < 4.78 is 7.29. The lowest BCUT2D eigenvalue weighted by atomic mass is 10.2. The van der Waals surface area contributed by atoms with E-state index in [-0.39, 0.29) is 11.5 Å². The number of rotatable bonds is 5. The standard InChI is InChI=1S/C20H20N6O2/c1-3-13-4-7-15(8-5-13)28-16-9-6-14(10-22-16)11-26-19-17(25-20(26)27)18(21)23-12(2)24-19/h4-10H,3,11H2,1-2H3,(H,25,27)(H2,21,23,24). The van der Waals surface area contributed by atoms with Crippen molar-refractivity contribution < 1.29 is 4.74 Å². The van der Waals surface area contributed by atoms with Crippen molar-refractivity contribution in [3.8, 4) is 11.6 Å². The van der Waals surface area contributed by atoms with Crippen LogP contribution in [-0.2, 0) is 13.0 Å². The molecule has 0 amide bonds. The highest BCUT2D eigenvalue weighted by Gasteiger charge is 2.13. The van der Waals surface area contributed by atoms with Crippen LogP contribution in [-0.4, -0.2) is 24.5 Å². The van der Waals surface area contributed by atoms with Crippen molar-refractivity contribution in [2.45, 2.75) is 26.8 Å². The molecule has 0 bridgehead atoms. The molecular formula is C20H20N6O2. The van der Waals surface area contributed by atoms with Crippen molar-refractivity contribution in [2.24, 2.45) is 0 Å². The Morgan fingerprint density at radius 1 is 1.11 bits per heavy atom. The van der Waals surface area contributed by atoms with E-state index in [1.54, 1.807) is 19.2 Å². The Balaban J connectivity index is 1.56. The fraction of sp³-hybridized carbons (Fsp3) is 0.200. The van der Waals surface area contributed by atoms with Gasteiger partial charge in [0.2, 0.25) is 5.88 Å². The number of anilines is 1. The maximum Gasteiger partial charge on any atom is 0.328 e. The van der Waals surface area contributed by atoms with Crippen LogP contribution in [0.2, 0.25) is 0 Å². The number of benzene rings is 1. The number of nitrogens with one attached hydrogen (secondary N) is 1. The molecule has 0 fully saturated rings. The highest BCUT2D eigenvalue weighted by Crippen LogP contribution is 2.21. The van der Waals surface area contributed by atoms with Gasteiger partial charge in [-0.3, -0.25) is 4.57 Å². The summed E-state index contributed by atoms with van der Waals surface area (Å²) in [7, 11) is 0. The molecule has 4 rings (SSSR count). The minimum atomic E-state index is -0.294. The Labute approximate surface area is 161 Å². The van der Waals surface area contributed by atoms with Crippen molar-refractivity contribution >= 4 is 17.0 Å². The molecule has 0 saturated heterocycles. The molecule has 0 spiro atoms. The highest BCUT2D eigenvalue weighted by molar-refractivity contribution is 5.81. The summed E-state index contributed by atoms with van der Waals surface area (Å²) in [6, 6.07) is 11.5. The Bertz CT molecular complexity index is 1180. The van der Waals surface area contributed by atoms with E-state index < -0.39 is 0 Å². The molecule has 28 heavy (non-hydrogen) atoms. The topological polar surface area (TPSA) is 112 Å². The van der Waals surface area contributed by atoms with Crippen LogP contribution in [0.3, 0.4) is 0 Å². The van der Waals surface area contributed by atoms with E-state index in [4.69, 9.17) is 10.5 Å². The monoisotopic (exact) mass is 376 g/mol. The van der Waals surface area contributed by atoms with E-state index in [9.17, 15) is 4.79 Å². The summed E-state index contributed by atoms with van der Waals surface area (Å²) in [5.41, 5.74) is 8.60. The lowest BCUT2D eigenvalue weighted by Crippen LogP contribution is -2.18. The lowest BCUT2D eigenvalue weighted by molar-refractivity contribution is 0.462. The summed E-state index contributed by atoms with van der Waals surface area (Å²) in [6.07, 6.45) is 2.66. The van der Waals surface area contributed by atoms with E-state index in [1.807, 2.05) is 30.3 Å². The Kier molecular flexibility index (Phi) is 4.52. The SMILES string of the molecule is CCc1ccc(Oc2ccc(Cn3c(=O)[nH]c4c(N)nc(C)nc43)cn2)cc1. The maximum absolute atomic E-state index is 12.3. The number of nitrogens with two attached hydrogens (primary N) is 1. The van der Waals surface area contributed by atoms with E-state index in [2.05, 4.69) is 26.9 Å². The maximum atomic E-state index is 12.3. The lowest BCUT2D eigenvalue weighted by Gasteiger charge is -2.07. The zero-order valence-electron chi connectivity index (χ0n) is 15.6. The Morgan fingerprint density at radius 2 is 1.86 bits per heavy atom. The van der Waals surface area contributed by atoms with Gasteiger partial charge in [0.05, 0.1) is 6.54 Å². The van der Waals surface area contributed by atoms with Crippen molar-refractivity contribution in [3.05, 3.63) is 70.0 Å². The van der Waals surface area contributed by atoms with Gasteiger partial charge in [-0.15, -0.1) is 0 Å². The summed E-state index contributed by atoms with van der Waals surface area (Å²) in [4.78, 5) is 27.8. The van der Waals surface area contributed by atoms with E-state index >= 15 is 0 Å². The number of hydrogen-bond acceptors (Lipinski definition) is 6. The molecule has 0 unspecified atom stereocenters. The first-order valence-electron chi connectivity index (χ1n) is 8.98. The highest BCUT2D eigenvalue weighted by atomic mass is 16.5. The Morgan fingerprint density at radius 3 is 2.54 bits per heavy atom. The molecule has 0 aliphatic rings. The smallest absolute Gasteiger partial charge is 0.328 e. The van der Waals surface area contributed by atoms with Crippen molar-refractivity contribution in [3.63, 3.8) is 0 Å². The molecule has 4 aromatic rings. The van der Waals surface area contributed by atoms with Crippen LogP contribution < -0.4 is 16.2 Å². The van der Waals surface area contributed by atoms with E-state index in [1.165, 1.54) is 10.1 Å². The van der Waals surface area contributed by atoms with Crippen LogP contribution in [0.25, 0.3) is 11.2 Å². The van der Waals surface area contributed by atoms with Gasteiger partial charge < -0.3 is 15.5 Å². The van der Waals surface area contributed by atoms with Crippen LogP contribution in [0.15, 0.2) is 47.4 Å². The van der Waals surface area contributed by atoms with Gasteiger partial charge in [0, 0.05) is 12.3 Å². The van der Waals surface area contributed by atoms with Crippen LogP contribution in [0.5, 0.6) is 11.6 Å². The minimum absolute atomic E-state index is 0.259. The van der Waals surface area contributed by atoms with Crippen LogP contribution in [0, 0.1) is 6.92 Å². The van der Waals surface area contributed by atoms with Gasteiger partial charge in [-0.05, 0) is 36.6 Å². The predicted octanol–water partition coefficient (Wildman–Crippen LogP) is 2.81. The van der Waals surface area contributed by atoms with Gasteiger partial charge in [-0.2, -0.15) is 0 Å². The number of nitrogen functional groups attached to an aromatic ring is 1. The number of pyridine rings is 1. The normalized spacial score (nSPS) is 11.1. The number of aryl methyl sites for hydroxylation is 2. The fourth-order valence-corrected chi connectivity index (χ4v) is 2.97. The number of imidazole rings is 1. The van der Waals surface area contributed by atoms with E-state index in [0.717, 1.165) is 17.7 Å². The number of fused-ring (bicyclic) bond motifs is 1. The molecule has 0 aliphatic carbocycles. The van der Waals surface area contributed by atoms with Crippen molar-refractivity contribution in [1.82, 2.24) is 24.5 Å². The first-order valence-corrected chi connectivity index (χ1v) is 8.98. The van der Waals surface area contributed by atoms with Gasteiger partial charge in [-0.1, -0.05) is 25.1 Å². The molecule has 8 heteroatoms. The van der Waals surface area contributed by atoms with Gasteiger partial charge in [0.25, 0.3) is 0 Å². The van der Waals surface area contributed by atoms with Gasteiger partial charge in [-0.25, -0.2) is 19.7 Å². The van der Waals surface area contributed by atoms with Gasteiger partial charge in [0.1, 0.15) is 17.1 Å². The molecule has 0 atom stereocenters. The molecule has 0 aliphatic heterocycles. The molecule has 0 saturated carbocycles. The molecule has 8 nitrogen and oxygen atoms in total. The minimum Gasteiger partial charge on any atom is -0.439 e. The largest absolute Gasteiger partial charge is 0.439 e. The summed E-state index contributed by atoms with van der Waals surface area (Å²) >= 11 is 0. The van der Waals surface area contributed by atoms with Gasteiger partial charge in [0.15, 0.2) is 11.5 Å². The first kappa shape index (κ1) is 17.7. The van der Waals surface area contributed by atoms with E-state index in [0.29, 0.717) is 29.4 Å². The third-order valence-electron chi connectivity index (χ3n) is 4.45. The third kappa shape index (κ3) is 3.44. The second-order valence-corrected chi connectivity index (χ2v) is 6.48. The zero-order chi connectivity index (χ0) is 19.7. The second kappa shape index (κ2) is 7.15. The number of aromatic nitrogens is 5. The molecular weight excluding hydrogens is 356 g/mol. The number of hydrogen-bond donors (Lipinski definition) is 2. The fourth-order valence-electron chi connectivity index (χ4n) is 2.97. The van der Waals surface area contributed by atoms with Crippen molar-refractivity contribution in [1.29, 1.82) is 0 Å². The summed E-state index contributed by atoms with van der Waals surface area (Å²) in [5.74, 6) is 1.98. The molecule has 142 valence electrons. The Hall–Kier alpha value is -3.68. The second-order valence-electron chi connectivity index (χ2n) is 6.48. The first-order chi connectivity index (χ1) is 13.5. The van der Waals surface area contributed by atoms with Crippen molar-refractivity contribution in [2.75, 3.05) is 5.73 Å². The average Bonchev–Trinajstić information content (AvgIpc) is 3.00. The molecule has 3 N–H and O–H groups in total. The average molecular weight is 376 g/mol. The predicted molar refractivity (Wildman–Crippen MR) is 107 cm³/mol. The summed E-state index contributed by atoms with van der Waals surface area (Å²) in [6.45, 7) is 4.16. The van der Waals surface area contributed by atoms with Crippen LogP contribution in [0.1, 0.15) is 23.9 Å². The third-order valence-corrected chi connectivity index (χ3v) is 4.45. The zero-order valence-corrected chi connectivity index (χ0v) is 15.6. The quantitative estimate of drug-likeness (QED) is 0.554. The number of aromatic amines is 1. The number of nitrogens with zero attached hydrogens (tertiary/aromatic N) is 4. The van der Waals surface area contributed by atoms with Crippen LogP contribution in [0.4, 0.5) is 5.82 Å². The molecule has 0 radical (unpaired) electrons.